The SMILES string of the molecule is O=C(/C=C/c1ccc2c(c1)OCCO2)c1ccc(OCC(=O)N2CCCCC2)cc1. The molecule has 1 fully saturated rings. The van der Waals surface area contributed by atoms with E-state index in [1.165, 1.54) is 12.5 Å². The van der Waals surface area contributed by atoms with Crippen molar-refractivity contribution in [3.8, 4) is 17.2 Å². The fraction of sp³-hybridized carbons (Fsp3) is 0.333. The number of hydrogen-bond donors (Lipinski definition) is 0. The van der Waals surface area contributed by atoms with Gasteiger partial charge in [0.2, 0.25) is 0 Å². The molecule has 0 radical (unpaired) electrons. The summed E-state index contributed by atoms with van der Waals surface area (Å²) in [6.07, 6.45) is 6.58. The number of carbonyl (C=O) groups excluding carboxylic acids is 2. The molecule has 4 rings (SSSR count). The minimum Gasteiger partial charge on any atom is -0.486 e. The monoisotopic (exact) mass is 407 g/mol. The molecule has 0 aromatic heterocycles. The maximum absolute atomic E-state index is 12.4. The fourth-order valence-electron chi connectivity index (χ4n) is 3.53. The number of carbonyl (C=O) groups is 2. The highest BCUT2D eigenvalue weighted by Gasteiger charge is 2.17. The number of rotatable bonds is 6. The van der Waals surface area contributed by atoms with Crippen molar-refractivity contribution in [1.82, 2.24) is 4.90 Å². The van der Waals surface area contributed by atoms with Crippen LogP contribution in [0, 0.1) is 0 Å². The average Bonchev–Trinajstić information content (AvgIpc) is 2.81. The summed E-state index contributed by atoms with van der Waals surface area (Å²) in [4.78, 5) is 26.5. The summed E-state index contributed by atoms with van der Waals surface area (Å²) >= 11 is 0. The van der Waals surface area contributed by atoms with E-state index in [1.54, 1.807) is 30.3 Å². The van der Waals surface area contributed by atoms with Crippen molar-refractivity contribution in [2.45, 2.75) is 19.3 Å². The first-order valence-electron chi connectivity index (χ1n) is 10.3. The summed E-state index contributed by atoms with van der Waals surface area (Å²) in [5, 5.41) is 0. The zero-order valence-electron chi connectivity index (χ0n) is 16.8. The molecule has 0 saturated carbocycles. The number of fused-ring (bicyclic) bond motifs is 1. The van der Waals surface area contributed by atoms with E-state index >= 15 is 0 Å². The highest BCUT2D eigenvalue weighted by atomic mass is 16.6. The van der Waals surface area contributed by atoms with Crippen molar-refractivity contribution in [2.24, 2.45) is 0 Å². The van der Waals surface area contributed by atoms with Gasteiger partial charge in [0.15, 0.2) is 23.9 Å². The van der Waals surface area contributed by atoms with Crippen LogP contribution < -0.4 is 14.2 Å². The second kappa shape index (κ2) is 9.48. The van der Waals surface area contributed by atoms with Gasteiger partial charge in [-0.15, -0.1) is 0 Å². The van der Waals surface area contributed by atoms with Crippen LogP contribution in [0.4, 0.5) is 0 Å². The Balaban J connectivity index is 1.31. The number of hydrogen-bond acceptors (Lipinski definition) is 5. The van der Waals surface area contributed by atoms with Gasteiger partial charge in [0.1, 0.15) is 19.0 Å². The standard InChI is InChI=1S/C24H25NO5/c26-21(10-4-18-5-11-22-23(16-18)29-15-14-28-22)19-6-8-20(9-7-19)30-17-24(27)25-12-2-1-3-13-25/h4-11,16H,1-3,12-15,17H2/b10-4+. The molecule has 156 valence electrons. The minimum atomic E-state index is -0.110. The first kappa shape index (κ1) is 20.0. The average molecular weight is 407 g/mol. The van der Waals surface area contributed by atoms with Gasteiger partial charge in [0.05, 0.1) is 0 Å². The third-order valence-corrected chi connectivity index (χ3v) is 5.20. The molecule has 2 heterocycles. The molecular formula is C24H25NO5. The summed E-state index contributed by atoms with van der Waals surface area (Å²) < 4.78 is 16.7. The Morgan fingerprint density at radius 2 is 1.67 bits per heavy atom. The number of piperidine rings is 1. The summed E-state index contributed by atoms with van der Waals surface area (Å²) in [5.74, 6) is 1.89. The molecule has 2 aromatic carbocycles. The first-order valence-corrected chi connectivity index (χ1v) is 10.3. The lowest BCUT2D eigenvalue weighted by molar-refractivity contribution is -0.134. The summed E-state index contributed by atoms with van der Waals surface area (Å²) in [7, 11) is 0. The Morgan fingerprint density at radius 3 is 2.43 bits per heavy atom. The minimum absolute atomic E-state index is 0.0113. The molecule has 6 nitrogen and oxygen atoms in total. The lowest BCUT2D eigenvalue weighted by Crippen LogP contribution is -2.38. The molecule has 0 spiro atoms. The lowest BCUT2D eigenvalue weighted by atomic mass is 10.1. The molecule has 6 heteroatoms. The van der Waals surface area contributed by atoms with Crippen molar-refractivity contribution in [2.75, 3.05) is 32.9 Å². The predicted molar refractivity (Wildman–Crippen MR) is 113 cm³/mol. The first-order chi connectivity index (χ1) is 14.7. The van der Waals surface area contributed by atoms with E-state index in [9.17, 15) is 9.59 Å². The van der Waals surface area contributed by atoms with Crippen LogP contribution in [0.25, 0.3) is 6.08 Å². The van der Waals surface area contributed by atoms with Crippen LogP contribution in [0.1, 0.15) is 35.2 Å². The van der Waals surface area contributed by atoms with Crippen LogP contribution in [0.2, 0.25) is 0 Å². The highest BCUT2D eigenvalue weighted by molar-refractivity contribution is 6.06. The number of allylic oxidation sites excluding steroid dienone is 1. The van der Waals surface area contributed by atoms with E-state index in [4.69, 9.17) is 14.2 Å². The van der Waals surface area contributed by atoms with Gasteiger partial charge < -0.3 is 19.1 Å². The van der Waals surface area contributed by atoms with E-state index in [0.29, 0.717) is 30.3 Å². The van der Waals surface area contributed by atoms with Crippen molar-refractivity contribution < 1.29 is 23.8 Å². The number of ketones is 1. The zero-order chi connectivity index (χ0) is 20.8. The molecule has 2 aromatic rings. The third-order valence-electron chi connectivity index (χ3n) is 5.20. The molecule has 0 atom stereocenters. The van der Waals surface area contributed by atoms with Gasteiger partial charge in [-0.25, -0.2) is 0 Å². The third kappa shape index (κ3) is 5.00. The molecule has 0 unspecified atom stereocenters. The highest BCUT2D eigenvalue weighted by Crippen LogP contribution is 2.31. The second-order valence-electron chi connectivity index (χ2n) is 7.36. The lowest BCUT2D eigenvalue weighted by Gasteiger charge is -2.26. The smallest absolute Gasteiger partial charge is 0.260 e. The molecular weight excluding hydrogens is 382 g/mol. The van der Waals surface area contributed by atoms with Crippen LogP contribution in [0.15, 0.2) is 48.5 Å². The number of nitrogens with zero attached hydrogens (tertiary/aromatic N) is 1. The van der Waals surface area contributed by atoms with Gasteiger partial charge in [0.25, 0.3) is 5.91 Å². The van der Waals surface area contributed by atoms with E-state index in [1.807, 2.05) is 23.1 Å². The maximum Gasteiger partial charge on any atom is 0.260 e. The normalized spacial score (nSPS) is 15.8. The quantitative estimate of drug-likeness (QED) is 0.539. The Bertz CT molecular complexity index is 929. The molecule has 0 aliphatic carbocycles. The van der Waals surface area contributed by atoms with E-state index in [2.05, 4.69) is 0 Å². The summed E-state index contributed by atoms with van der Waals surface area (Å²) in [6, 6.07) is 12.4. The van der Waals surface area contributed by atoms with Gasteiger partial charge >= 0.3 is 0 Å². The van der Waals surface area contributed by atoms with Crippen LogP contribution in [0.5, 0.6) is 17.2 Å². The number of amides is 1. The second-order valence-corrected chi connectivity index (χ2v) is 7.36. The van der Waals surface area contributed by atoms with Crippen LogP contribution in [-0.4, -0.2) is 49.5 Å². The molecule has 0 bridgehead atoms. The van der Waals surface area contributed by atoms with Crippen molar-refractivity contribution in [3.63, 3.8) is 0 Å². The number of benzene rings is 2. The Morgan fingerprint density at radius 1 is 0.933 bits per heavy atom. The summed E-state index contributed by atoms with van der Waals surface area (Å²) in [6.45, 7) is 2.72. The molecule has 0 N–H and O–H groups in total. The van der Waals surface area contributed by atoms with Gasteiger partial charge in [-0.1, -0.05) is 12.1 Å². The van der Waals surface area contributed by atoms with E-state index in [0.717, 1.165) is 37.2 Å². The Labute approximate surface area is 176 Å². The zero-order valence-corrected chi connectivity index (χ0v) is 16.8. The van der Waals surface area contributed by atoms with Gasteiger partial charge in [-0.3, -0.25) is 9.59 Å². The Hall–Kier alpha value is -3.28. The molecule has 1 saturated heterocycles. The molecule has 2 aliphatic heterocycles. The number of ether oxygens (including phenoxy) is 3. The van der Waals surface area contributed by atoms with Crippen LogP contribution in [-0.2, 0) is 4.79 Å². The van der Waals surface area contributed by atoms with Gasteiger partial charge in [0, 0.05) is 18.7 Å². The van der Waals surface area contributed by atoms with Crippen LogP contribution in [0.3, 0.4) is 0 Å². The largest absolute Gasteiger partial charge is 0.486 e. The molecule has 30 heavy (non-hydrogen) atoms. The predicted octanol–water partition coefficient (Wildman–Crippen LogP) is 3.75. The van der Waals surface area contributed by atoms with Crippen molar-refractivity contribution >= 4 is 17.8 Å². The van der Waals surface area contributed by atoms with Crippen molar-refractivity contribution in [3.05, 3.63) is 59.7 Å². The molecule has 2 aliphatic rings. The Kier molecular flexibility index (Phi) is 6.32. The van der Waals surface area contributed by atoms with Crippen LogP contribution >= 0.6 is 0 Å². The van der Waals surface area contributed by atoms with Gasteiger partial charge in [-0.05, 0) is 67.3 Å². The topological polar surface area (TPSA) is 65.1 Å². The molecule has 1 amide bonds. The van der Waals surface area contributed by atoms with E-state index in [-0.39, 0.29) is 18.3 Å². The van der Waals surface area contributed by atoms with E-state index < -0.39 is 0 Å². The van der Waals surface area contributed by atoms with Gasteiger partial charge in [-0.2, -0.15) is 0 Å². The maximum atomic E-state index is 12.4. The fourth-order valence-corrected chi connectivity index (χ4v) is 3.53. The number of likely N-dealkylation sites (tertiary alicyclic amines) is 1. The summed E-state index contributed by atoms with van der Waals surface area (Å²) in [5.41, 5.74) is 1.42. The van der Waals surface area contributed by atoms with Crippen molar-refractivity contribution in [1.29, 1.82) is 0 Å².